The van der Waals surface area contributed by atoms with Crippen LogP contribution in [-0.2, 0) is 21.4 Å². The molecule has 1 spiro atoms. The summed E-state index contributed by atoms with van der Waals surface area (Å²) in [4.78, 5) is 71.3. The first-order valence-electron chi connectivity index (χ1n) is 22.3. The van der Waals surface area contributed by atoms with Gasteiger partial charge >= 0.3 is 6.18 Å². The van der Waals surface area contributed by atoms with Crippen LogP contribution in [0.25, 0.3) is 5.52 Å². The topological polar surface area (TPSA) is 178 Å². The Morgan fingerprint density at radius 1 is 0.938 bits per heavy atom. The van der Waals surface area contributed by atoms with Crippen LogP contribution in [0.5, 0.6) is 0 Å². The van der Waals surface area contributed by atoms with Gasteiger partial charge in [0.05, 0.1) is 39.8 Å². The summed E-state index contributed by atoms with van der Waals surface area (Å²) in [5, 5.41) is 24.3. The van der Waals surface area contributed by atoms with Gasteiger partial charge in [0.1, 0.15) is 17.4 Å². The normalized spacial score (nSPS) is 26.3. The SMILES string of the molecule is CN(CC1CCC(c2cc3cc(C(C)(C)O)c(NC(=O)c4cccc(C(F)(F)F)n4)cn3n2)CC1)C1CCC2(CC1)CC(Nc1cccc3c1C(=O)N(C1CCC(=O)NC1=O)C3=O)C2. The highest BCUT2D eigenvalue weighted by molar-refractivity contribution is 6.25. The zero-order chi connectivity index (χ0) is 45.3. The smallest absolute Gasteiger partial charge is 0.386 e. The number of rotatable bonds is 10. The van der Waals surface area contributed by atoms with Crippen molar-refractivity contribution in [2.45, 2.75) is 127 Å². The minimum atomic E-state index is -4.70. The Morgan fingerprint density at radius 3 is 2.34 bits per heavy atom. The minimum absolute atomic E-state index is 0.0752. The molecule has 0 bridgehead atoms. The van der Waals surface area contributed by atoms with E-state index in [9.17, 15) is 42.3 Å². The summed E-state index contributed by atoms with van der Waals surface area (Å²) in [6, 6.07) is 11.8. The van der Waals surface area contributed by atoms with Crippen molar-refractivity contribution in [2.75, 3.05) is 24.2 Å². The quantitative estimate of drug-likeness (QED) is 0.121. The molecule has 5 amide bonds. The van der Waals surface area contributed by atoms with Gasteiger partial charge in [-0.05, 0) is 139 Å². The Labute approximate surface area is 368 Å². The van der Waals surface area contributed by atoms with Crippen molar-refractivity contribution < 1.29 is 42.3 Å². The molecule has 4 fully saturated rings. The molecule has 4 N–H and O–H groups in total. The molecule has 3 aromatic heterocycles. The molecule has 2 aliphatic heterocycles. The van der Waals surface area contributed by atoms with Crippen LogP contribution in [0.15, 0.2) is 54.7 Å². The van der Waals surface area contributed by atoms with Crippen LogP contribution in [0.2, 0.25) is 0 Å². The molecular weight excluding hydrogens is 830 g/mol. The van der Waals surface area contributed by atoms with Gasteiger partial charge in [-0.25, -0.2) is 9.50 Å². The highest BCUT2D eigenvalue weighted by Gasteiger charge is 2.49. The molecule has 1 unspecified atom stereocenters. The number of carbonyl (C=O) groups is 5. The molecule has 3 saturated carbocycles. The van der Waals surface area contributed by atoms with Crippen LogP contribution in [0.3, 0.4) is 0 Å². The third-order valence-electron chi connectivity index (χ3n) is 14.4. The summed E-state index contributed by atoms with van der Waals surface area (Å²) in [7, 11) is 2.24. The highest BCUT2D eigenvalue weighted by atomic mass is 19.4. The number of piperidine rings is 1. The predicted octanol–water partition coefficient (Wildman–Crippen LogP) is 7.04. The number of anilines is 2. The number of hydrogen-bond acceptors (Lipinski definition) is 10. The van der Waals surface area contributed by atoms with Gasteiger partial charge in [-0.15, -0.1) is 0 Å². The average Bonchev–Trinajstić information content (AvgIpc) is 3.77. The van der Waals surface area contributed by atoms with E-state index in [1.54, 1.807) is 42.8 Å². The molecular formula is C47H53F3N8O6. The van der Waals surface area contributed by atoms with Crippen molar-refractivity contribution in [3.63, 3.8) is 0 Å². The maximum atomic E-state index is 13.6. The van der Waals surface area contributed by atoms with Crippen LogP contribution in [0.1, 0.15) is 145 Å². The Morgan fingerprint density at radius 2 is 1.66 bits per heavy atom. The predicted molar refractivity (Wildman–Crippen MR) is 229 cm³/mol. The highest BCUT2D eigenvalue weighted by Crippen LogP contribution is 2.53. The molecule has 1 atom stereocenters. The van der Waals surface area contributed by atoms with Gasteiger partial charge in [0.2, 0.25) is 11.8 Å². The Balaban J connectivity index is 0.759. The number of pyridine rings is 2. The van der Waals surface area contributed by atoms with Gasteiger partial charge < -0.3 is 20.6 Å². The van der Waals surface area contributed by atoms with E-state index in [4.69, 9.17) is 5.10 Å². The molecule has 0 radical (unpaired) electrons. The first-order valence-corrected chi connectivity index (χ1v) is 22.3. The number of nitrogens with one attached hydrogen (secondary N) is 3. The summed E-state index contributed by atoms with van der Waals surface area (Å²) in [6.45, 7) is 4.18. The molecule has 5 heterocycles. The molecule has 4 aromatic rings. The number of fused-ring (bicyclic) bond motifs is 2. The number of amides is 5. The Bertz CT molecular complexity index is 2530. The van der Waals surface area contributed by atoms with E-state index in [2.05, 4.69) is 32.9 Å². The average molecular weight is 883 g/mol. The first-order chi connectivity index (χ1) is 30.4. The van der Waals surface area contributed by atoms with E-state index in [1.165, 1.54) is 6.07 Å². The van der Waals surface area contributed by atoms with Crippen LogP contribution in [0, 0.1) is 11.3 Å². The van der Waals surface area contributed by atoms with E-state index in [1.807, 2.05) is 12.1 Å². The van der Waals surface area contributed by atoms with E-state index >= 15 is 0 Å². The minimum Gasteiger partial charge on any atom is -0.386 e. The fraction of sp³-hybridized carbons (Fsp3) is 0.511. The number of imide groups is 2. The van der Waals surface area contributed by atoms with Crippen LogP contribution >= 0.6 is 0 Å². The number of nitrogens with zero attached hydrogens (tertiary/aromatic N) is 5. The zero-order valence-electron chi connectivity index (χ0n) is 36.1. The molecule has 338 valence electrons. The number of hydrogen-bond donors (Lipinski definition) is 4. The molecule has 64 heavy (non-hydrogen) atoms. The second-order valence-corrected chi connectivity index (χ2v) is 19.3. The lowest BCUT2D eigenvalue weighted by atomic mass is 9.57. The van der Waals surface area contributed by atoms with E-state index in [0.717, 1.165) is 99.0 Å². The van der Waals surface area contributed by atoms with E-state index in [-0.39, 0.29) is 41.5 Å². The van der Waals surface area contributed by atoms with Gasteiger partial charge in [-0.1, -0.05) is 12.1 Å². The lowest BCUT2D eigenvalue weighted by Gasteiger charge is -2.53. The molecule has 3 aliphatic carbocycles. The lowest BCUT2D eigenvalue weighted by Crippen LogP contribution is -2.54. The zero-order valence-corrected chi connectivity index (χ0v) is 36.1. The Kier molecular flexibility index (Phi) is 11.2. The summed E-state index contributed by atoms with van der Waals surface area (Å²) in [5.41, 5.74) is 0.791. The van der Waals surface area contributed by atoms with Crippen LogP contribution in [-0.4, -0.2) is 90.8 Å². The van der Waals surface area contributed by atoms with Crippen LogP contribution in [0.4, 0.5) is 24.5 Å². The second kappa shape index (κ2) is 16.4. The van der Waals surface area contributed by atoms with Crippen molar-refractivity contribution in [1.29, 1.82) is 0 Å². The standard InChI is InChI=1S/C47H53F3N8O6/c1-45(2,64)32-20-30-21-35(55-57(30)25-36(32)53-41(60)34-8-5-9-38(52-34)47(48,49)50)27-12-10-26(11-13-27)24-56(3)29-16-18-46(19-17-29)22-28(23-46)51-33-7-4-6-31-40(33)44(63)58(43(31)62)37-14-15-39(59)54-42(37)61/h4-9,20-21,25-29,37,51,64H,10-19,22-24H2,1-3H3,(H,53,60)(H,54,59,61). The summed E-state index contributed by atoms with van der Waals surface area (Å²) < 4.78 is 41.5. The number of aliphatic hydroxyl groups is 1. The van der Waals surface area contributed by atoms with Crippen molar-refractivity contribution in [2.24, 2.45) is 11.3 Å². The van der Waals surface area contributed by atoms with Gasteiger partial charge in [0, 0.05) is 42.2 Å². The fourth-order valence-electron chi connectivity index (χ4n) is 11.0. The van der Waals surface area contributed by atoms with Crippen molar-refractivity contribution in [3.05, 3.63) is 88.5 Å². The largest absolute Gasteiger partial charge is 0.433 e. The molecule has 9 rings (SSSR count). The fourth-order valence-corrected chi connectivity index (χ4v) is 11.0. The molecule has 1 aromatic carbocycles. The lowest BCUT2D eigenvalue weighted by molar-refractivity contribution is -0.141. The summed E-state index contributed by atoms with van der Waals surface area (Å²) in [5.74, 6) is -2.06. The number of alkyl halides is 3. The number of aromatic nitrogens is 3. The third-order valence-corrected chi connectivity index (χ3v) is 14.4. The molecule has 1 saturated heterocycles. The number of halogens is 3. The maximum absolute atomic E-state index is 13.6. The third kappa shape index (κ3) is 8.39. The van der Waals surface area contributed by atoms with Gasteiger partial charge in [-0.3, -0.25) is 34.2 Å². The van der Waals surface area contributed by atoms with Crippen molar-refractivity contribution in [1.82, 2.24) is 29.7 Å². The van der Waals surface area contributed by atoms with Crippen molar-refractivity contribution in [3.8, 4) is 0 Å². The number of benzene rings is 1. The maximum Gasteiger partial charge on any atom is 0.433 e. The van der Waals surface area contributed by atoms with E-state index < -0.39 is 58.7 Å². The van der Waals surface area contributed by atoms with Gasteiger partial charge in [-0.2, -0.15) is 18.3 Å². The van der Waals surface area contributed by atoms with Crippen molar-refractivity contribution >= 4 is 46.4 Å². The van der Waals surface area contributed by atoms with Crippen LogP contribution < -0.4 is 16.0 Å². The monoisotopic (exact) mass is 882 g/mol. The first kappa shape index (κ1) is 43.6. The van der Waals surface area contributed by atoms with Gasteiger partial charge in [0.25, 0.3) is 17.7 Å². The van der Waals surface area contributed by atoms with E-state index in [0.29, 0.717) is 28.8 Å². The Hall–Kier alpha value is -5.68. The summed E-state index contributed by atoms with van der Waals surface area (Å²) >= 11 is 0. The summed E-state index contributed by atoms with van der Waals surface area (Å²) in [6.07, 6.45) is 7.68. The van der Waals surface area contributed by atoms with Gasteiger partial charge in [0.15, 0.2) is 0 Å². The molecule has 17 heteroatoms. The molecule has 5 aliphatic rings. The molecule has 14 nitrogen and oxygen atoms in total. The second-order valence-electron chi connectivity index (χ2n) is 19.3. The number of carbonyl (C=O) groups excluding carboxylic acids is 5.